The SMILES string of the molecule is CN(CC(=O)NCc1ccco1)C(=O)C1CCN(c2nc3ccccc3o2)CC1. The molecule has 1 aliphatic rings. The summed E-state index contributed by atoms with van der Waals surface area (Å²) in [7, 11) is 1.67. The van der Waals surface area contributed by atoms with E-state index in [1.165, 1.54) is 4.90 Å². The molecule has 1 aliphatic heterocycles. The van der Waals surface area contributed by atoms with Gasteiger partial charge in [0.05, 0.1) is 19.4 Å². The van der Waals surface area contributed by atoms with Gasteiger partial charge in [0, 0.05) is 26.1 Å². The molecule has 0 bridgehead atoms. The fourth-order valence-electron chi connectivity index (χ4n) is 3.57. The molecule has 0 radical (unpaired) electrons. The standard InChI is InChI=1S/C21H24N4O4/c1-24(14-19(26)22-13-16-5-4-12-28-16)20(27)15-8-10-25(11-9-15)21-23-17-6-2-3-7-18(17)29-21/h2-7,12,15H,8-11,13-14H2,1H3,(H,22,26). The third kappa shape index (κ3) is 4.42. The first-order valence-electron chi connectivity index (χ1n) is 9.75. The molecule has 152 valence electrons. The minimum absolute atomic E-state index is 0.00429. The molecule has 8 nitrogen and oxygen atoms in total. The van der Waals surface area contributed by atoms with Crippen LogP contribution in [0.2, 0.25) is 0 Å². The number of nitrogens with zero attached hydrogens (tertiary/aromatic N) is 3. The van der Waals surface area contributed by atoms with E-state index in [0.717, 1.165) is 11.1 Å². The van der Waals surface area contributed by atoms with Crippen molar-refractivity contribution in [1.29, 1.82) is 0 Å². The molecular weight excluding hydrogens is 372 g/mol. The van der Waals surface area contributed by atoms with Gasteiger partial charge in [-0.1, -0.05) is 12.1 Å². The number of oxazole rings is 1. The fraction of sp³-hybridized carbons (Fsp3) is 0.381. The summed E-state index contributed by atoms with van der Waals surface area (Å²) >= 11 is 0. The molecule has 1 saturated heterocycles. The molecule has 1 aromatic carbocycles. The first kappa shape index (κ1) is 19.0. The Hall–Kier alpha value is -3.29. The van der Waals surface area contributed by atoms with E-state index in [4.69, 9.17) is 8.83 Å². The molecule has 3 aromatic rings. The van der Waals surface area contributed by atoms with Gasteiger partial charge in [0.15, 0.2) is 5.58 Å². The van der Waals surface area contributed by atoms with Crippen LogP contribution in [0.1, 0.15) is 18.6 Å². The molecule has 0 atom stereocenters. The number of fused-ring (bicyclic) bond motifs is 1. The Morgan fingerprint density at radius 2 is 2.00 bits per heavy atom. The Labute approximate surface area is 168 Å². The van der Waals surface area contributed by atoms with Crippen LogP contribution in [0.4, 0.5) is 6.01 Å². The summed E-state index contributed by atoms with van der Waals surface area (Å²) in [6.45, 7) is 1.74. The number of piperidine rings is 1. The van der Waals surface area contributed by atoms with Crippen molar-refractivity contribution in [3.05, 3.63) is 48.4 Å². The van der Waals surface area contributed by atoms with Gasteiger partial charge in [-0.3, -0.25) is 9.59 Å². The van der Waals surface area contributed by atoms with Gasteiger partial charge in [0.25, 0.3) is 6.01 Å². The van der Waals surface area contributed by atoms with Crippen LogP contribution in [0.5, 0.6) is 0 Å². The highest BCUT2D eigenvalue weighted by Crippen LogP contribution is 2.27. The highest BCUT2D eigenvalue weighted by Gasteiger charge is 2.29. The number of aromatic nitrogens is 1. The summed E-state index contributed by atoms with van der Waals surface area (Å²) in [4.78, 5) is 32.9. The Balaban J connectivity index is 1.26. The van der Waals surface area contributed by atoms with Crippen molar-refractivity contribution in [2.45, 2.75) is 19.4 Å². The summed E-state index contributed by atoms with van der Waals surface area (Å²) in [6.07, 6.45) is 2.97. The topological polar surface area (TPSA) is 91.8 Å². The van der Waals surface area contributed by atoms with E-state index in [9.17, 15) is 9.59 Å². The number of para-hydroxylation sites is 2. The number of nitrogens with one attached hydrogen (secondary N) is 1. The van der Waals surface area contributed by atoms with E-state index >= 15 is 0 Å². The van der Waals surface area contributed by atoms with Crippen LogP contribution in [0.3, 0.4) is 0 Å². The van der Waals surface area contributed by atoms with Gasteiger partial charge >= 0.3 is 0 Å². The largest absolute Gasteiger partial charge is 0.467 e. The summed E-state index contributed by atoms with van der Waals surface area (Å²) in [6, 6.07) is 11.8. The quantitative estimate of drug-likeness (QED) is 0.688. The number of carbonyl (C=O) groups is 2. The molecule has 2 aromatic heterocycles. The molecule has 3 heterocycles. The summed E-state index contributed by atoms with van der Waals surface area (Å²) < 4.78 is 11.0. The van der Waals surface area contributed by atoms with Gasteiger partial charge in [0.1, 0.15) is 11.3 Å². The van der Waals surface area contributed by atoms with E-state index in [-0.39, 0.29) is 24.3 Å². The second-order valence-corrected chi connectivity index (χ2v) is 7.28. The fourth-order valence-corrected chi connectivity index (χ4v) is 3.57. The number of hydrogen-bond acceptors (Lipinski definition) is 6. The predicted octanol–water partition coefficient (Wildman–Crippen LogP) is 2.41. The minimum atomic E-state index is -0.207. The molecule has 8 heteroatoms. The zero-order valence-electron chi connectivity index (χ0n) is 16.3. The normalized spacial score (nSPS) is 14.9. The molecule has 0 unspecified atom stereocenters. The lowest BCUT2D eigenvalue weighted by Gasteiger charge is -2.32. The molecule has 4 rings (SSSR count). The molecule has 2 amide bonds. The number of hydrogen-bond donors (Lipinski definition) is 1. The first-order valence-corrected chi connectivity index (χ1v) is 9.75. The van der Waals surface area contributed by atoms with E-state index < -0.39 is 0 Å². The second kappa shape index (κ2) is 8.38. The Morgan fingerprint density at radius 1 is 1.21 bits per heavy atom. The van der Waals surface area contributed by atoms with Crippen LogP contribution in [0.25, 0.3) is 11.1 Å². The van der Waals surface area contributed by atoms with Gasteiger partial charge in [0.2, 0.25) is 11.8 Å². The van der Waals surface area contributed by atoms with Crippen LogP contribution >= 0.6 is 0 Å². The lowest BCUT2D eigenvalue weighted by molar-refractivity contribution is -0.138. The Morgan fingerprint density at radius 3 is 2.72 bits per heavy atom. The number of anilines is 1. The zero-order valence-corrected chi connectivity index (χ0v) is 16.3. The van der Waals surface area contributed by atoms with Crippen LogP contribution in [0.15, 0.2) is 51.5 Å². The summed E-state index contributed by atoms with van der Waals surface area (Å²) in [5.74, 6) is 0.369. The maximum absolute atomic E-state index is 12.7. The molecule has 1 fully saturated rings. The van der Waals surface area contributed by atoms with Crippen molar-refractivity contribution >= 4 is 28.9 Å². The second-order valence-electron chi connectivity index (χ2n) is 7.28. The van der Waals surface area contributed by atoms with Crippen LogP contribution < -0.4 is 10.2 Å². The molecule has 1 N–H and O–H groups in total. The average molecular weight is 396 g/mol. The monoisotopic (exact) mass is 396 g/mol. The first-order chi connectivity index (χ1) is 14.1. The van der Waals surface area contributed by atoms with Gasteiger partial charge in [-0.2, -0.15) is 4.98 Å². The van der Waals surface area contributed by atoms with Gasteiger partial charge in [-0.25, -0.2) is 0 Å². The number of rotatable bonds is 6. The van der Waals surface area contributed by atoms with Crippen molar-refractivity contribution in [3.8, 4) is 0 Å². The van der Waals surface area contributed by atoms with E-state index in [0.29, 0.717) is 44.3 Å². The van der Waals surface area contributed by atoms with Crippen LogP contribution in [-0.4, -0.2) is 48.4 Å². The zero-order chi connectivity index (χ0) is 20.2. The predicted molar refractivity (Wildman–Crippen MR) is 107 cm³/mol. The minimum Gasteiger partial charge on any atom is -0.467 e. The van der Waals surface area contributed by atoms with Crippen molar-refractivity contribution < 1.29 is 18.4 Å². The Bertz CT molecular complexity index is 941. The highest BCUT2D eigenvalue weighted by atomic mass is 16.4. The van der Waals surface area contributed by atoms with Crippen molar-refractivity contribution in [3.63, 3.8) is 0 Å². The number of benzene rings is 1. The number of amides is 2. The lowest BCUT2D eigenvalue weighted by atomic mass is 9.95. The van der Waals surface area contributed by atoms with Gasteiger partial charge < -0.3 is 24.0 Å². The van der Waals surface area contributed by atoms with Crippen LogP contribution in [0, 0.1) is 5.92 Å². The molecule has 0 spiro atoms. The molecule has 29 heavy (non-hydrogen) atoms. The lowest BCUT2D eigenvalue weighted by Crippen LogP contribution is -2.44. The Kier molecular flexibility index (Phi) is 5.50. The average Bonchev–Trinajstić information content (AvgIpc) is 3.41. The van der Waals surface area contributed by atoms with E-state index in [1.807, 2.05) is 24.3 Å². The van der Waals surface area contributed by atoms with Crippen molar-refractivity contribution in [2.75, 3.05) is 31.6 Å². The highest BCUT2D eigenvalue weighted by molar-refractivity contribution is 5.85. The maximum Gasteiger partial charge on any atom is 0.298 e. The van der Waals surface area contributed by atoms with Crippen molar-refractivity contribution in [2.24, 2.45) is 5.92 Å². The van der Waals surface area contributed by atoms with Gasteiger partial charge in [-0.15, -0.1) is 0 Å². The number of likely N-dealkylation sites (N-methyl/N-ethyl adjacent to an activating group) is 1. The van der Waals surface area contributed by atoms with E-state index in [2.05, 4.69) is 15.2 Å². The smallest absolute Gasteiger partial charge is 0.298 e. The number of furan rings is 1. The van der Waals surface area contributed by atoms with Crippen molar-refractivity contribution in [1.82, 2.24) is 15.2 Å². The molecule has 0 aliphatic carbocycles. The number of carbonyl (C=O) groups excluding carboxylic acids is 2. The molecule has 0 saturated carbocycles. The summed E-state index contributed by atoms with van der Waals surface area (Å²) in [5.41, 5.74) is 1.60. The third-order valence-electron chi connectivity index (χ3n) is 5.19. The van der Waals surface area contributed by atoms with Gasteiger partial charge in [-0.05, 0) is 37.1 Å². The molecular formula is C21H24N4O4. The third-order valence-corrected chi connectivity index (χ3v) is 5.19. The summed E-state index contributed by atoms with van der Waals surface area (Å²) in [5, 5.41) is 2.76. The van der Waals surface area contributed by atoms with E-state index in [1.54, 1.807) is 25.4 Å². The maximum atomic E-state index is 12.7. The van der Waals surface area contributed by atoms with Crippen LogP contribution in [-0.2, 0) is 16.1 Å².